The van der Waals surface area contributed by atoms with E-state index in [1.54, 1.807) is 43.3 Å². The molecular formula is C26H21Cl2N3O6S. The maximum absolute atomic E-state index is 13.3. The van der Waals surface area contributed by atoms with Gasteiger partial charge in [0.05, 0.1) is 17.9 Å². The first kappa shape index (κ1) is 27.3. The average Bonchev–Trinajstić information content (AvgIpc) is 2.83. The van der Waals surface area contributed by atoms with Gasteiger partial charge in [0.15, 0.2) is 5.75 Å². The van der Waals surface area contributed by atoms with Gasteiger partial charge in [-0.05, 0) is 61.2 Å². The van der Waals surface area contributed by atoms with Crippen LogP contribution in [-0.4, -0.2) is 30.6 Å². The molecule has 4 aromatic carbocycles. The van der Waals surface area contributed by atoms with Crippen molar-refractivity contribution in [1.82, 2.24) is 0 Å². The highest BCUT2D eigenvalue weighted by atomic mass is 35.5. The molecule has 4 rings (SSSR count). The zero-order valence-electron chi connectivity index (χ0n) is 20.1. The van der Waals surface area contributed by atoms with Crippen molar-refractivity contribution in [3.05, 3.63) is 81.8 Å². The van der Waals surface area contributed by atoms with E-state index in [0.717, 1.165) is 0 Å². The van der Waals surface area contributed by atoms with Gasteiger partial charge in [0, 0.05) is 15.4 Å². The molecule has 0 aromatic heterocycles. The van der Waals surface area contributed by atoms with Crippen molar-refractivity contribution in [3.8, 4) is 11.5 Å². The lowest BCUT2D eigenvalue weighted by molar-refractivity contribution is 0.102. The zero-order chi connectivity index (χ0) is 27.6. The third-order valence-corrected chi connectivity index (χ3v) is 6.97. The van der Waals surface area contributed by atoms with Crippen LogP contribution in [0.2, 0.25) is 10.0 Å². The van der Waals surface area contributed by atoms with Crippen LogP contribution in [0.25, 0.3) is 10.8 Å². The number of carbonyl (C=O) groups is 1. The van der Waals surface area contributed by atoms with Crippen molar-refractivity contribution < 1.29 is 27.6 Å². The van der Waals surface area contributed by atoms with Crippen LogP contribution < -0.4 is 10.1 Å². The van der Waals surface area contributed by atoms with E-state index in [1.807, 2.05) is 0 Å². The summed E-state index contributed by atoms with van der Waals surface area (Å²) in [6.07, 6.45) is 0. The van der Waals surface area contributed by atoms with E-state index in [2.05, 4.69) is 15.5 Å². The minimum absolute atomic E-state index is 0.0942. The number of fused-ring (bicyclic) bond motifs is 1. The van der Waals surface area contributed by atoms with Crippen molar-refractivity contribution in [2.45, 2.75) is 18.7 Å². The number of hydrogen-bond donors (Lipinski definition) is 3. The quantitative estimate of drug-likeness (QED) is 0.155. The van der Waals surface area contributed by atoms with Gasteiger partial charge >= 0.3 is 0 Å². The van der Waals surface area contributed by atoms with Crippen LogP contribution in [0, 0.1) is 6.92 Å². The molecule has 0 fully saturated rings. The first-order valence-electron chi connectivity index (χ1n) is 11.2. The van der Waals surface area contributed by atoms with Crippen LogP contribution in [0.1, 0.15) is 22.8 Å². The van der Waals surface area contributed by atoms with Crippen molar-refractivity contribution >= 4 is 67.1 Å². The van der Waals surface area contributed by atoms with E-state index in [9.17, 15) is 22.9 Å². The largest absolute Gasteiger partial charge is 0.505 e. The normalized spacial score (nSPS) is 11.7. The second kappa shape index (κ2) is 11.0. The molecule has 0 spiro atoms. The number of halogens is 2. The van der Waals surface area contributed by atoms with Crippen LogP contribution in [0.5, 0.6) is 11.5 Å². The Labute approximate surface area is 228 Å². The molecule has 38 heavy (non-hydrogen) atoms. The molecule has 0 unspecified atom stereocenters. The summed E-state index contributed by atoms with van der Waals surface area (Å²) in [5, 5.41) is 23.4. The molecule has 12 heteroatoms. The van der Waals surface area contributed by atoms with Gasteiger partial charge in [0.2, 0.25) is 0 Å². The number of azo groups is 1. The second-order valence-electron chi connectivity index (χ2n) is 8.12. The Morgan fingerprint density at radius 1 is 1.03 bits per heavy atom. The van der Waals surface area contributed by atoms with Crippen LogP contribution in [0.3, 0.4) is 0 Å². The summed E-state index contributed by atoms with van der Waals surface area (Å²) in [4.78, 5) is 12.8. The highest BCUT2D eigenvalue weighted by Gasteiger charge is 2.22. The van der Waals surface area contributed by atoms with Crippen LogP contribution in [0.15, 0.2) is 75.8 Å². The number of ether oxygens (including phenoxy) is 1. The molecule has 0 radical (unpaired) electrons. The van der Waals surface area contributed by atoms with E-state index >= 15 is 0 Å². The van der Waals surface area contributed by atoms with E-state index in [4.69, 9.17) is 27.9 Å². The number of carbonyl (C=O) groups excluding carboxylic acids is 1. The number of aryl methyl sites for hydroxylation is 1. The molecule has 196 valence electrons. The topological polar surface area (TPSA) is 138 Å². The monoisotopic (exact) mass is 573 g/mol. The number of hydrogen-bond acceptors (Lipinski definition) is 7. The Morgan fingerprint density at radius 3 is 2.47 bits per heavy atom. The lowest BCUT2D eigenvalue weighted by atomic mass is 10.0. The van der Waals surface area contributed by atoms with Gasteiger partial charge in [-0.1, -0.05) is 47.5 Å². The third-order valence-electron chi connectivity index (χ3n) is 5.46. The number of nitrogens with one attached hydrogen (secondary N) is 1. The predicted octanol–water partition coefficient (Wildman–Crippen LogP) is 7.47. The van der Waals surface area contributed by atoms with Crippen molar-refractivity contribution in [2.24, 2.45) is 10.2 Å². The van der Waals surface area contributed by atoms with Gasteiger partial charge in [-0.3, -0.25) is 9.35 Å². The smallest absolute Gasteiger partial charge is 0.297 e. The second-order valence-corrected chi connectivity index (χ2v) is 10.3. The Morgan fingerprint density at radius 2 is 1.76 bits per heavy atom. The fourth-order valence-corrected chi connectivity index (χ4v) is 5.16. The minimum Gasteiger partial charge on any atom is -0.505 e. The molecule has 4 aromatic rings. The van der Waals surface area contributed by atoms with E-state index in [1.165, 1.54) is 31.2 Å². The maximum Gasteiger partial charge on any atom is 0.297 e. The first-order chi connectivity index (χ1) is 18.0. The van der Waals surface area contributed by atoms with Gasteiger partial charge in [0.1, 0.15) is 22.0 Å². The number of aromatic hydroxyl groups is 1. The fraction of sp³-hybridized carbons (Fsp3) is 0.115. The van der Waals surface area contributed by atoms with Crippen molar-refractivity contribution in [3.63, 3.8) is 0 Å². The third kappa shape index (κ3) is 5.73. The van der Waals surface area contributed by atoms with Crippen molar-refractivity contribution in [1.29, 1.82) is 0 Å². The fourth-order valence-electron chi connectivity index (χ4n) is 3.89. The molecular weight excluding hydrogens is 553 g/mol. The molecule has 0 aliphatic heterocycles. The molecule has 9 nitrogen and oxygen atoms in total. The SMILES string of the molecule is CCOc1ccc(Cl)cc1NC(=O)c1cc2ccccc2c(N=Nc2cc(Cl)cc(C)c2S(=O)(=O)O)c1O. The molecule has 0 atom stereocenters. The molecule has 0 aliphatic rings. The van der Waals surface area contributed by atoms with E-state index < -0.39 is 26.7 Å². The molecule has 1 amide bonds. The first-order valence-corrected chi connectivity index (χ1v) is 13.4. The maximum atomic E-state index is 13.3. The highest BCUT2D eigenvalue weighted by Crippen LogP contribution is 2.41. The van der Waals surface area contributed by atoms with Crippen LogP contribution in [0.4, 0.5) is 17.1 Å². The summed E-state index contributed by atoms with van der Waals surface area (Å²) < 4.78 is 39.2. The number of rotatable bonds is 7. The summed E-state index contributed by atoms with van der Waals surface area (Å²) in [6, 6.07) is 15.6. The molecule has 0 aliphatic carbocycles. The highest BCUT2D eigenvalue weighted by molar-refractivity contribution is 7.86. The van der Waals surface area contributed by atoms with Gasteiger partial charge in [-0.25, -0.2) is 0 Å². The summed E-state index contributed by atoms with van der Waals surface area (Å²) >= 11 is 12.2. The molecule has 0 bridgehead atoms. The summed E-state index contributed by atoms with van der Waals surface area (Å²) in [7, 11) is -4.67. The van der Waals surface area contributed by atoms with E-state index in [-0.39, 0.29) is 27.5 Å². The van der Waals surface area contributed by atoms with Gasteiger partial charge in [-0.2, -0.15) is 8.42 Å². The number of amides is 1. The summed E-state index contributed by atoms with van der Waals surface area (Å²) in [5.41, 5.74) is -0.00757. The summed E-state index contributed by atoms with van der Waals surface area (Å²) in [6.45, 7) is 3.59. The number of nitrogens with zero attached hydrogens (tertiary/aromatic N) is 2. The number of anilines is 1. The zero-order valence-corrected chi connectivity index (χ0v) is 22.4. The van der Waals surface area contributed by atoms with Gasteiger partial charge < -0.3 is 15.2 Å². The molecule has 0 heterocycles. The lowest BCUT2D eigenvalue weighted by Crippen LogP contribution is -2.13. The minimum atomic E-state index is -4.67. The van der Waals surface area contributed by atoms with Crippen LogP contribution in [-0.2, 0) is 10.1 Å². The van der Waals surface area contributed by atoms with Crippen LogP contribution >= 0.6 is 23.2 Å². The standard InChI is InChI=1S/C26H21Cl2N3O6S/c1-3-37-22-9-8-16(27)12-20(22)29-26(33)19-11-15-6-4-5-7-18(15)23(24(19)32)31-30-21-13-17(28)10-14(2)25(21)38(34,35)36/h4-13,32H,3H2,1-2H3,(H,29,33)(H,34,35,36). The van der Waals surface area contributed by atoms with Gasteiger partial charge in [0.25, 0.3) is 16.0 Å². The average molecular weight is 574 g/mol. The molecule has 3 N–H and O–H groups in total. The Bertz CT molecular complexity index is 1710. The summed E-state index contributed by atoms with van der Waals surface area (Å²) in [5.74, 6) is -0.790. The number of benzene rings is 4. The number of phenols is 1. The lowest BCUT2D eigenvalue weighted by Gasteiger charge is -2.14. The Hall–Kier alpha value is -3.70. The Kier molecular flexibility index (Phi) is 7.89. The molecule has 0 saturated heterocycles. The Balaban J connectivity index is 1.84. The van der Waals surface area contributed by atoms with Gasteiger partial charge in [-0.15, -0.1) is 10.2 Å². The van der Waals surface area contributed by atoms with E-state index in [0.29, 0.717) is 33.8 Å². The predicted molar refractivity (Wildman–Crippen MR) is 146 cm³/mol. The number of phenolic OH excluding ortho intramolecular Hbond substituents is 1. The molecule has 0 saturated carbocycles. The van der Waals surface area contributed by atoms with Crippen molar-refractivity contribution in [2.75, 3.05) is 11.9 Å².